The number of hydrogen-bond acceptors (Lipinski definition) is 3. The van der Waals surface area contributed by atoms with Crippen LogP contribution in [0.1, 0.15) is 17.0 Å². The summed E-state index contributed by atoms with van der Waals surface area (Å²) >= 11 is 0. The molecular weight excluding hydrogens is 304 g/mol. The Morgan fingerprint density at radius 2 is 1.92 bits per heavy atom. The van der Waals surface area contributed by atoms with Gasteiger partial charge in [-0.3, -0.25) is 9.59 Å². The van der Waals surface area contributed by atoms with E-state index in [9.17, 15) is 9.59 Å². The number of nitrogens with one attached hydrogen (secondary N) is 2. The molecule has 0 unspecified atom stereocenters. The van der Waals surface area contributed by atoms with Gasteiger partial charge < -0.3 is 9.88 Å². The van der Waals surface area contributed by atoms with E-state index in [1.54, 1.807) is 0 Å². The predicted molar refractivity (Wildman–Crippen MR) is 94.2 cm³/mol. The molecule has 0 aliphatic rings. The molecule has 0 atom stereocenters. The fraction of sp³-hybridized carbons (Fsp3) is 0.167. The molecular formula is C18H20N4O2. The molecule has 2 N–H and O–H groups in total. The molecule has 0 aliphatic carbocycles. The van der Waals surface area contributed by atoms with Crippen molar-refractivity contribution in [3.63, 3.8) is 0 Å². The number of aryl methyl sites for hydroxylation is 1. The van der Waals surface area contributed by atoms with E-state index in [4.69, 9.17) is 0 Å². The lowest BCUT2D eigenvalue weighted by Crippen LogP contribution is -2.37. The first-order valence-electron chi connectivity index (χ1n) is 7.51. The van der Waals surface area contributed by atoms with E-state index in [0.29, 0.717) is 0 Å². The van der Waals surface area contributed by atoms with Gasteiger partial charge >= 0.3 is 11.8 Å². The summed E-state index contributed by atoms with van der Waals surface area (Å²) in [5.74, 6) is -1.56. The molecule has 6 nitrogen and oxygen atoms in total. The maximum Gasteiger partial charge on any atom is 0.329 e. The van der Waals surface area contributed by atoms with Crippen molar-refractivity contribution in [3.8, 4) is 5.69 Å². The molecule has 24 heavy (non-hydrogen) atoms. The number of hydrogen-bond donors (Lipinski definition) is 2. The molecule has 0 aliphatic heterocycles. The molecule has 0 saturated carbocycles. The van der Waals surface area contributed by atoms with Crippen LogP contribution in [0.15, 0.2) is 54.2 Å². The lowest BCUT2D eigenvalue weighted by atomic mass is 10.2. The van der Waals surface area contributed by atoms with E-state index in [-0.39, 0.29) is 6.54 Å². The van der Waals surface area contributed by atoms with Crippen molar-refractivity contribution in [2.45, 2.75) is 13.8 Å². The van der Waals surface area contributed by atoms with Gasteiger partial charge in [-0.05, 0) is 32.0 Å². The van der Waals surface area contributed by atoms with Crippen LogP contribution in [-0.4, -0.2) is 29.1 Å². The quantitative estimate of drug-likeness (QED) is 0.381. The summed E-state index contributed by atoms with van der Waals surface area (Å²) in [6, 6.07) is 11.9. The molecule has 0 fully saturated rings. The number of amides is 2. The lowest BCUT2D eigenvalue weighted by molar-refractivity contribution is -0.139. The van der Waals surface area contributed by atoms with Gasteiger partial charge in [0.05, 0.1) is 6.21 Å². The number of nitrogens with zero attached hydrogens (tertiary/aromatic N) is 2. The van der Waals surface area contributed by atoms with E-state index in [1.807, 2.05) is 50.2 Å². The molecule has 0 spiro atoms. The topological polar surface area (TPSA) is 75.5 Å². The van der Waals surface area contributed by atoms with Gasteiger partial charge in [0.1, 0.15) is 0 Å². The zero-order valence-corrected chi connectivity index (χ0v) is 13.7. The Kier molecular flexibility index (Phi) is 5.68. The third-order valence-electron chi connectivity index (χ3n) is 3.47. The maximum absolute atomic E-state index is 11.5. The molecule has 0 bridgehead atoms. The van der Waals surface area contributed by atoms with Crippen LogP contribution in [0.25, 0.3) is 5.69 Å². The third-order valence-corrected chi connectivity index (χ3v) is 3.47. The Balaban J connectivity index is 2.10. The minimum Gasteiger partial charge on any atom is -0.344 e. The van der Waals surface area contributed by atoms with Crippen LogP contribution >= 0.6 is 0 Å². The zero-order valence-electron chi connectivity index (χ0n) is 13.7. The SMILES string of the molecule is C=CCNC(=O)C(=O)N/N=C/c1cc(C)n(-c2ccccc2)c1C. The van der Waals surface area contributed by atoms with E-state index in [1.165, 1.54) is 12.3 Å². The fourth-order valence-electron chi connectivity index (χ4n) is 2.35. The van der Waals surface area contributed by atoms with Gasteiger partial charge in [0.2, 0.25) is 0 Å². The second-order valence-corrected chi connectivity index (χ2v) is 5.20. The van der Waals surface area contributed by atoms with Crippen LogP contribution in [0.5, 0.6) is 0 Å². The monoisotopic (exact) mass is 324 g/mol. The van der Waals surface area contributed by atoms with Crippen LogP contribution in [0, 0.1) is 13.8 Å². The van der Waals surface area contributed by atoms with Gasteiger partial charge in [0.25, 0.3) is 0 Å². The number of para-hydroxylation sites is 1. The molecule has 1 heterocycles. The number of carbonyl (C=O) groups is 2. The van der Waals surface area contributed by atoms with Crippen LogP contribution in [0.4, 0.5) is 0 Å². The van der Waals surface area contributed by atoms with E-state index >= 15 is 0 Å². The van der Waals surface area contributed by atoms with Gasteiger partial charge in [-0.2, -0.15) is 5.10 Å². The number of aromatic nitrogens is 1. The largest absolute Gasteiger partial charge is 0.344 e. The van der Waals surface area contributed by atoms with E-state index < -0.39 is 11.8 Å². The lowest BCUT2D eigenvalue weighted by Gasteiger charge is -2.08. The molecule has 124 valence electrons. The molecule has 6 heteroatoms. The Labute approximate surface area is 140 Å². The van der Waals surface area contributed by atoms with Crippen molar-refractivity contribution in [2.24, 2.45) is 5.10 Å². The number of carbonyl (C=O) groups excluding carboxylic acids is 2. The highest BCUT2D eigenvalue weighted by Gasteiger charge is 2.12. The molecule has 2 rings (SSSR count). The number of rotatable bonds is 5. The molecule has 1 aromatic carbocycles. The Bertz CT molecular complexity index is 776. The molecule has 0 saturated heterocycles. The smallest absolute Gasteiger partial charge is 0.329 e. The van der Waals surface area contributed by atoms with Crippen molar-refractivity contribution in [2.75, 3.05) is 6.54 Å². The van der Waals surface area contributed by atoms with E-state index in [2.05, 4.69) is 27.0 Å². The minimum atomic E-state index is -0.815. The fourth-order valence-corrected chi connectivity index (χ4v) is 2.35. The van der Waals surface area contributed by atoms with Crippen molar-refractivity contribution in [3.05, 3.63) is 66.0 Å². The van der Waals surface area contributed by atoms with E-state index in [0.717, 1.165) is 22.6 Å². The van der Waals surface area contributed by atoms with Gasteiger partial charge in [-0.25, -0.2) is 5.43 Å². The average molecular weight is 324 g/mol. The summed E-state index contributed by atoms with van der Waals surface area (Å²) in [5, 5.41) is 6.23. The first-order valence-corrected chi connectivity index (χ1v) is 7.51. The molecule has 2 aromatic rings. The first kappa shape index (κ1) is 17.2. The summed E-state index contributed by atoms with van der Waals surface area (Å²) in [4.78, 5) is 22.9. The maximum atomic E-state index is 11.5. The molecule has 2 amide bonds. The van der Waals surface area contributed by atoms with Crippen molar-refractivity contribution < 1.29 is 9.59 Å². The highest BCUT2D eigenvalue weighted by atomic mass is 16.2. The molecule has 0 radical (unpaired) electrons. The number of hydrazone groups is 1. The zero-order chi connectivity index (χ0) is 17.5. The van der Waals surface area contributed by atoms with Gasteiger partial charge in [-0.1, -0.05) is 24.3 Å². The summed E-state index contributed by atoms with van der Waals surface area (Å²) in [5.41, 5.74) is 6.17. The average Bonchev–Trinajstić information content (AvgIpc) is 2.87. The van der Waals surface area contributed by atoms with Crippen molar-refractivity contribution in [1.82, 2.24) is 15.3 Å². The summed E-state index contributed by atoms with van der Waals surface area (Å²) in [6.07, 6.45) is 3.02. The summed E-state index contributed by atoms with van der Waals surface area (Å²) < 4.78 is 2.10. The Hall–Kier alpha value is -3.15. The normalized spacial score (nSPS) is 10.6. The van der Waals surface area contributed by atoms with Crippen LogP contribution in [0.3, 0.4) is 0 Å². The second-order valence-electron chi connectivity index (χ2n) is 5.20. The van der Waals surface area contributed by atoms with Crippen LogP contribution in [0.2, 0.25) is 0 Å². The number of benzene rings is 1. The Morgan fingerprint density at radius 3 is 2.58 bits per heavy atom. The second kappa shape index (κ2) is 7.92. The standard InChI is InChI=1S/C18H20N4O2/c1-4-10-19-17(23)18(24)21-20-12-15-11-13(2)22(14(15)3)16-8-6-5-7-9-16/h4-9,11-12H,1,10H2,2-3H3,(H,19,23)(H,21,24)/b20-12+. The van der Waals surface area contributed by atoms with Gasteiger partial charge in [-0.15, -0.1) is 6.58 Å². The van der Waals surface area contributed by atoms with Crippen molar-refractivity contribution in [1.29, 1.82) is 0 Å². The summed E-state index contributed by atoms with van der Waals surface area (Å²) in [6.45, 7) is 7.66. The van der Waals surface area contributed by atoms with Crippen LogP contribution in [-0.2, 0) is 9.59 Å². The van der Waals surface area contributed by atoms with Gasteiger partial charge in [0, 0.05) is 29.2 Å². The Morgan fingerprint density at radius 1 is 1.21 bits per heavy atom. The minimum absolute atomic E-state index is 0.230. The first-order chi connectivity index (χ1) is 11.5. The van der Waals surface area contributed by atoms with Crippen LogP contribution < -0.4 is 10.7 Å². The molecule has 1 aromatic heterocycles. The van der Waals surface area contributed by atoms with Gasteiger partial charge in [0.15, 0.2) is 0 Å². The highest BCUT2D eigenvalue weighted by molar-refractivity contribution is 6.35. The summed E-state index contributed by atoms with van der Waals surface area (Å²) in [7, 11) is 0. The van der Waals surface area contributed by atoms with Crippen molar-refractivity contribution >= 4 is 18.0 Å². The predicted octanol–water partition coefficient (Wildman–Crippen LogP) is 1.85. The third kappa shape index (κ3) is 3.98. The highest BCUT2D eigenvalue weighted by Crippen LogP contribution is 2.19.